The maximum absolute atomic E-state index is 11.5. The molecule has 0 amide bonds. The minimum Gasteiger partial charge on any atom is -0.345 e. The van der Waals surface area contributed by atoms with E-state index >= 15 is 0 Å². The zero-order valence-electron chi connectivity index (χ0n) is 8.73. The Kier molecular flexibility index (Phi) is 3.29. The van der Waals surface area contributed by atoms with Crippen LogP contribution >= 0.6 is 11.3 Å². The van der Waals surface area contributed by atoms with Crippen LogP contribution < -0.4 is 0 Å². The van der Waals surface area contributed by atoms with Crippen LogP contribution in [0.5, 0.6) is 0 Å². The summed E-state index contributed by atoms with van der Waals surface area (Å²) in [6.45, 7) is 2.92. The number of Topliss-reactive ketones (excluding diaryl/α,β-unsaturated/α-hetero) is 1. The fourth-order valence-electron chi connectivity index (χ4n) is 1.40. The molecule has 0 bridgehead atoms. The third-order valence-corrected chi connectivity index (χ3v) is 3.37. The van der Waals surface area contributed by atoms with Gasteiger partial charge in [-0.15, -0.1) is 11.3 Å². The summed E-state index contributed by atoms with van der Waals surface area (Å²) in [4.78, 5) is 16.4. The molecule has 0 unspecified atom stereocenters. The lowest BCUT2D eigenvalue weighted by Gasteiger charge is -2.05. The summed E-state index contributed by atoms with van der Waals surface area (Å²) in [5, 5.41) is 8.80. The van der Waals surface area contributed by atoms with E-state index in [0.29, 0.717) is 18.2 Å². The first-order valence-corrected chi connectivity index (χ1v) is 5.64. The van der Waals surface area contributed by atoms with Crippen molar-refractivity contribution in [2.24, 2.45) is 0 Å². The van der Waals surface area contributed by atoms with Crippen LogP contribution in [0.1, 0.15) is 33.1 Å². The van der Waals surface area contributed by atoms with Crippen LogP contribution in [0, 0.1) is 18.3 Å². The molecule has 1 aliphatic heterocycles. The van der Waals surface area contributed by atoms with E-state index in [1.807, 2.05) is 6.07 Å². The van der Waals surface area contributed by atoms with Gasteiger partial charge in [-0.1, -0.05) is 0 Å². The number of thiazole rings is 1. The van der Waals surface area contributed by atoms with Crippen molar-refractivity contribution in [1.29, 1.82) is 5.26 Å². The number of rotatable bonds is 3. The Labute approximate surface area is 96.6 Å². The van der Waals surface area contributed by atoms with Gasteiger partial charge in [0.1, 0.15) is 6.42 Å². The molecule has 0 N–H and O–H groups in total. The lowest BCUT2D eigenvalue weighted by molar-refractivity contribution is -0.0418. The van der Waals surface area contributed by atoms with Gasteiger partial charge in [0.15, 0.2) is 11.3 Å². The summed E-state index contributed by atoms with van der Waals surface area (Å²) in [5.74, 6) is -0.250. The Morgan fingerprint density at radius 3 is 2.94 bits per heavy atom. The molecule has 0 saturated carbocycles. The molecule has 1 fully saturated rings. The summed E-state index contributed by atoms with van der Waals surface area (Å²) in [7, 11) is 0. The predicted octanol–water partition coefficient (Wildman–Crippen LogP) is 1.59. The molecule has 84 valence electrons. The normalized spacial score (nSPS) is 16.2. The minimum atomic E-state index is -0.402. The summed E-state index contributed by atoms with van der Waals surface area (Å²) >= 11 is 1.24. The number of hydrogen-bond donors (Lipinski definition) is 0. The van der Waals surface area contributed by atoms with Gasteiger partial charge in [0.2, 0.25) is 5.78 Å². The Balaban J connectivity index is 2.21. The van der Waals surface area contributed by atoms with E-state index in [1.165, 1.54) is 11.3 Å². The van der Waals surface area contributed by atoms with Crippen molar-refractivity contribution in [2.45, 2.75) is 19.6 Å². The summed E-state index contributed by atoms with van der Waals surface area (Å²) < 4.78 is 10.7. The van der Waals surface area contributed by atoms with Gasteiger partial charge in [-0.25, -0.2) is 4.98 Å². The number of nitrogens with zero attached hydrogens (tertiary/aromatic N) is 2. The number of hydrogen-bond acceptors (Lipinski definition) is 6. The molecule has 5 nitrogen and oxygen atoms in total. The van der Waals surface area contributed by atoms with E-state index in [9.17, 15) is 4.79 Å². The minimum absolute atomic E-state index is 0.140. The number of ketones is 1. The number of carbonyl (C=O) groups is 1. The summed E-state index contributed by atoms with van der Waals surface area (Å²) in [6.07, 6.45) is -0.542. The number of carbonyl (C=O) groups excluding carboxylic acids is 1. The Morgan fingerprint density at radius 1 is 1.62 bits per heavy atom. The molecular weight excluding hydrogens is 228 g/mol. The van der Waals surface area contributed by atoms with Crippen LogP contribution in [-0.2, 0) is 9.47 Å². The van der Waals surface area contributed by atoms with Crippen LogP contribution in [0.15, 0.2) is 0 Å². The zero-order chi connectivity index (χ0) is 11.5. The van der Waals surface area contributed by atoms with E-state index in [-0.39, 0.29) is 12.2 Å². The van der Waals surface area contributed by atoms with E-state index in [1.54, 1.807) is 6.92 Å². The lowest BCUT2D eigenvalue weighted by atomic mass is 10.3. The average Bonchev–Trinajstić information content (AvgIpc) is 2.86. The molecule has 0 spiro atoms. The van der Waals surface area contributed by atoms with E-state index in [4.69, 9.17) is 14.7 Å². The number of aromatic nitrogens is 1. The fraction of sp³-hybridized carbons (Fsp3) is 0.500. The van der Waals surface area contributed by atoms with Crippen molar-refractivity contribution in [3.05, 3.63) is 15.6 Å². The van der Waals surface area contributed by atoms with Gasteiger partial charge in [0.05, 0.1) is 29.9 Å². The van der Waals surface area contributed by atoms with Crippen LogP contribution in [0.4, 0.5) is 0 Å². The molecule has 2 heterocycles. The first-order chi connectivity index (χ1) is 7.72. The highest BCUT2D eigenvalue weighted by Gasteiger charge is 2.25. The molecule has 0 aromatic carbocycles. The molecule has 0 atom stereocenters. The Hall–Kier alpha value is -1.29. The van der Waals surface area contributed by atoms with Gasteiger partial charge in [0.25, 0.3) is 0 Å². The molecule has 16 heavy (non-hydrogen) atoms. The van der Waals surface area contributed by atoms with Crippen molar-refractivity contribution in [3.8, 4) is 6.07 Å². The molecule has 0 radical (unpaired) electrons. The largest absolute Gasteiger partial charge is 0.345 e. The molecule has 1 aromatic heterocycles. The van der Waals surface area contributed by atoms with Gasteiger partial charge in [-0.2, -0.15) is 5.26 Å². The molecule has 0 aliphatic carbocycles. The molecule has 1 aromatic rings. The Bertz CT molecular complexity index is 443. The average molecular weight is 238 g/mol. The maximum Gasteiger partial charge on any atom is 0.205 e. The Morgan fingerprint density at radius 2 is 2.31 bits per heavy atom. The van der Waals surface area contributed by atoms with Crippen molar-refractivity contribution in [1.82, 2.24) is 4.98 Å². The SMILES string of the molecule is Cc1nc(C(=O)CC#N)sc1C1OCCO1. The van der Waals surface area contributed by atoms with Crippen molar-refractivity contribution in [3.63, 3.8) is 0 Å². The number of aryl methyl sites for hydroxylation is 1. The molecule has 1 saturated heterocycles. The fourth-order valence-corrected chi connectivity index (χ4v) is 2.41. The quantitative estimate of drug-likeness (QED) is 0.748. The van der Waals surface area contributed by atoms with Crippen molar-refractivity contribution in [2.75, 3.05) is 13.2 Å². The topological polar surface area (TPSA) is 72.2 Å². The van der Waals surface area contributed by atoms with Gasteiger partial charge >= 0.3 is 0 Å². The molecule has 2 rings (SSSR count). The predicted molar refractivity (Wildman–Crippen MR) is 56.1 cm³/mol. The van der Waals surface area contributed by atoms with E-state index in [2.05, 4.69) is 4.98 Å². The van der Waals surface area contributed by atoms with Gasteiger partial charge in [-0.3, -0.25) is 4.79 Å². The second-order valence-electron chi connectivity index (χ2n) is 3.30. The van der Waals surface area contributed by atoms with Crippen molar-refractivity contribution >= 4 is 17.1 Å². The smallest absolute Gasteiger partial charge is 0.205 e. The van der Waals surface area contributed by atoms with Crippen LogP contribution in [0.2, 0.25) is 0 Å². The summed E-state index contributed by atoms with van der Waals surface area (Å²) in [5.41, 5.74) is 0.734. The zero-order valence-corrected chi connectivity index (χ0v) is 9.54. The maximum atomic E-state index is 11.5. The molecule has 6 heteroatoms. The lowest BCUT2D eigenvalue weighted by Crippen LogP contribution is -1.96. The van der Waals surface area contributed by atoms with Crippen LogP contribution in [0.25, 0.3) is 0 Å². The van der Waals surface area contributed by atoms with Gasteiger partial charge < -0.3 is 9.47 Å². The third kappa shape index (κ3) is 2.11. The standard InChI is InChI=1S/C10H10N2O3S/c1-6-8(10-14-4-5-15-10)16-9(12-6)7(13)2-3-11/h10H,2,4-5H2,1H3. The van der Waals surface area contributed by atoms with Gasteiger partial charge in [0, 0.05) is 0 Å². The highest BCUT2D eigenvalue weighted by molar-refractivity contribution is 7.13. The highest BCUT2D eigenvalue weighted by atomic mass is 32.1. The van der Waals surface area contributed by atoms with Crippen LogP contribution in [-0.4, -0.2) is 24.0 Å². The molecular formula is C10H10N2O3S. The van der Waals surface area contributed by atoms with E-state index < -0.39 is 6.29 Å². The van der Waals surface area contributed by atoms with Gasteiger partial charge in [-0.05, 0) is 6.92 Å². The second-order valence-corrected chi connectivity index (χ2v) is 4.33. The van der Waals surface area contributed by atoms with Crippen LogP contribution in [0.3, 0.4) is 0 Å². The number of ether oxygens (including phenoxy) is 2. The number of nitriles is 1. The first-order valence-electron chi connectivity index (χ1n) is 4.83. The third-order valence-electron chi connectivity index (χ3n) is 2.15. The summed E-state index contributed by atoms with van der Waals surface area (Å²) in [6, 6.07) is 1.82. The van der Waals surface area contributed by atoms with Crippen molar-refractivity contribution < 1.29 is 14.3 Å². The first kappa shape index (κ1) is 11.2. The molecule has 1 aliphatic rings. The second kappa shape index (κ2) is 4.70. The highest BCUT2D eigenvalue weighted by Crippen LogP contribution is 2.31. The van der Waals surface area contributed by atoms with E-state index in [0.717, 1.165) is 10.6 Å². The monoisotopic (exact) mass is 238 g/mol.